The van der Waals surface area contributed by atoms with Crippen LogP contribution in [0.5, 0.6) is 0 Å². The van der Waals surface area contributed by atoms with Gasteiger partial charge in [0.2, 0.25) is 0 Å². The minimum atomic E-state index is -1.20. The van der Waals surface area contributed by atoms with E-state index in [1.54, 1.807) is 0 Å². The number of aliphatic carboxylic acids is 3. The number of allylic oxidation sites excluding steroid dienone is 2. The van der Waals surface area contributed by atoms with E-state index >= 15 is 0 Å². The zero-order valence-corrected chi connectivity index (χ0v) is 18.7. The number of carbonyl (C=O) groups excluding carboxylic acids is 1. The average Bonchev–Trinajstić information content (AvgIpc) is 2.69. The number of carbonyl (C=O) groups is 3. The van der Waals surface area contributed by atoms with Gasteiger partial charge in [0.25, 0.3) is 0 Å². The first-order valence-corrected chi connectivity index (χ1v) is 11.4. The van der Waals surface area contributed by atoms with Crippen LogP contribution in [-0.4, -0.2) is 58.8 Å². The Hall–Kier alpha value is -1.89. The Morgan fingerprint density at radius 1 is 0.700 bits per heavy atom. The van der Waals surface area contributed by atoms with Crippen LogP contribution in [0.15, 0.2) is 12.2 Å². The second-order valence-electron chi connectivity index (χ2n) is 8.17. The third-order valence-electron chi connectivity index (χ3n) is 5.53. The fourth-order valence-corrected chi connectivity index (χ4v) is 3.66. The molecule has 0 rings (SSSR count). The Bertz CT molecular complexity index is 472. The smallest absolute Gasteiger partial charge is 0.309 e. The lowest BCUT2D eigenvalue weighted by Crippen LogP contribution is -2.52. The molecule has 2 N–H and O–H groups in total. The van der Waals surface area contributed by atoms with Crippen LogP contribution in [0.3, 0.4) is 0 Å². The first-order chi connectivity index (χ1) is 14.3. The molecule has 0 spiro atoms. The summed E-state index contributed by atoms with van der Waals surface area (Å²) in [5, 5.41) is 29.0. The molecule has 0 amide bonds. The van der Waals surface area contributed by atoms with E-state index < -0.39 is 17.9 Å². The second kappa shape index (κ2) is 17.9. The van der Waals surface area contributed by atoms with E-state index in [1.165, 1.54) is 44.9 Å². The van der Waals surface area contributed by atoms with Gasteiger partial charge in [0.05, 0.1) is 39.0 Å². The van der Waals surface area contributed by atoms with E-state index in [1.807, 2.05) is 0 Å². The van der Waals surface area contributed by atoms with Gasteiger partial charge in [-0.1, -0.05) is 57.6 Å². The van der Waals surface area contributed by atoms with Gasteiger partial charge in [0.1, 0.15) is 0 Å². The van der Waals surface area contributed by atoms with Gasteiger partial charge in [-0.25, -0.2) is 0 Å². The van der Waals surface area contributed by atoms with E-state index in [4.69, 9.17) is 10.2 Å². The highest BCUT2D eigenvalue weighted by Gasteiger charge is 2.28. The van der Waals surface area contributed by atoms with E-state index in [-0.39, 0.29) is 43.4 Å². The predicted octanol–water partition coefficient (Wildman–Crippen LogP) is 3.37. The number of hydrogen-bond acceptors (Lipinski definition) is 4. The van der Waals surface area contributed by atoms with Crippen molar-refractivity contribution in [2.45, 2.75) is 90.4 Å². The largest absolute Gasteiger partial charge is 0.550 e. The molecule has 0 heterocycles. The number of quaternary nitrogens is 1. The lowest BCUT2D eigenvalue weighted by atomic mass is 10.1. The normalized spacial score (nSPS) is 11.8. The minimum Gasteiger partial charge on any atom is -0.550 e. The van der Waals surface area contributed by atoms with E-state index in [9.17, 15) is 19.5 Å². The van der Waals surface area contributed by atoms with Crippen molar-refractivity contribution in [3.8, 4) is 0 Å². The molecule has 0 unspecified atom stereocenters. The molecule has 0 saturated carbocycles. The zero-order chi connectivity index (χ0) is 22.7. The van der Waals surface area contributed by atoms with E-state index in [0.29, 0.717) is 6.54 Å². The van der Waals surface area contributed by atoms with Crippen LogP contribution in [0.2, 0.25) is 0 Å². The highest BCUT2D eigenvalue weighted by Crippen LogP contribution is 2.15. The molecule has 7 heteroatoms. The van der Waals surface area contributed by atoms with Gasteiger partial charge < -0.3 is 24.6 Å². The van der Waals surface area contributed by atoms with Crippen LogP contribution in [0.1, 0.15) is 90.4 Å². The quantitative estimate of drug-likeness (QED) is 0.165. The maximum absolute atomic E-state index is 11.0. The van der Waals surface area contributed by atoms with Crippen molar-refractivity contribution in [2.75, 3.05) is 26.2 Å². The standard InChI is InChI=1S/C23H41NO6/c1-2-3-4-5-6-7-8-9-10-11-12-13-17-24(18-14-21(25)26,19-15-22(27)28)20-16-23(29)30/h10-11H,2-9,12-20H2,1H3,(H2-,25,26,27,28,29,30)/b11-10+. The molecule has 0 aliphatic rings. The molecular weight excluding hydrogens is 386 g/mol. The van der Waals surface area contributed by atoms with Crippen LogP contribution >= 0.6 is 0 Å². The number of carboxylic acid groups (broad SMARTS) is 3. The van der Waals surface area contributed by atoms with Crippen molar-refractivity contribution in [1.82, 2.24) is 0 Å². The summed E-state index contributed by atoms with van der Waals surface area (Å²) in [6, 6.07) is 0. The molecule has 0 aromatic carbocycles. The van der Waals surface area contributed by atoms with Gasteiger partial charge in [-0.3, -0.25) is 9.59 Å². The Morgan fingerprint density at radius 3 is 1.67 bits per heavy atom. The average molecular weight is 428 g/mol. The van der Waals surface area contributed by atoms with Crippen LogP contribution in [0.4, 0.5) is 0 Å². The lowest BCUT2D eigenvalue weighted by molar-refractivity contribution is -0.927. The molecule has 174 valence electrons. The summed E-state index contributed by atoms with van der Waals surface area (Å²) in [6.45, 7) is 3.45. The van der Waals surface area contributed by atoms with Crippen LogP contribution < -0.4 is 5.11 Å². The van der Waals surface area contributed by atoms with Crippen molar-refractivity contribution in [2.24, 2.45) is 0 Å². The summed E-state index contributed by atoms with van der Waals surface area (Å²) in [7, 11) is 0. The summed E-state index contributed by atoms with van der Waals surface area (Å²) in [4.78, 5) is 33.0. The Kier molecular flexibility index (Phi) is 16.8. The molecule has 0 radical (unpaired) electrons. The Morgan fingerprint density at radius 2 is 1.17 bits per heavy atom. The third-order valence-corrected chi connectivity index (χ3v) is 5.53. The minimum absolute atomic E-state index is 0.110. The maximum Gasteiger partial charge on any atom is 0.309 e. The van der Waals surface area contributed by atoms with Crippen molar-refractivity contribution in [3.05, 3.63) is 12.2 Å². The molecule has 0 aromatic rings. The molecule has 0 aliphatic carbocycles. The predicted molar refractivity (Wildman–Crippen MR) is 115 cm³/mol. The fourth-order valence-electron chi connectivity index (χ4n) is 3.66. The summed E-state index contributed by atoms with van der Waals surface area (Å²) in [5.74, 6) is -3.12. The molecular formula is C23H41NO6. The molecule has 0 saturated heterocycles. The number of unbranched alkanes of at least 4 members (excludes halogenated alkanes) is 8. The van der Waals surface area contributed by atoms with Gasteiger partial charge in [-0.05, 0) is 19.3 Å². The highest BCUT2D eigenvalue weighted by atomic mass is 16.4. The summed E-state index contributed by atoms with van der Waals surface area (Å²) >= 11 is 0. The van der Waals surface area contributed by atoms with Gasteiger partial charge in [-0.15, -0.1) is 0 Å². The maximum atomic E-state index is 11.0. The van der Waals surface area contributed by atoms with Crippen LogP contribution in [0, 0.1) is 0 Å². The molecule has 0 fully saturated rings. The zero-order valence-electron chi connectivity index (χ0n) is 18.7. The number of carboxylic acids is 3. The highest BCUT2D eigenvalue weighted by molar-refractivity contribution is 5.67. The monoisotopic (exact) mass is 427 g/mol. The molecule has 0 atom stereocenters. The molecule has 0 bridgehead atoms. The van der Waals surface area contributed by atoms with Gasteiger partial charge in [0, 0.05) is 18.8 Å². The summed E-state index contributed by atoms with van der Waals surface area (Å²) in [5.41, 5.74) is 0. The molecule has 7 nitrogen and oxygen atoms in total. The summed E-state index contributed by atoms with van der Waals surface area (Å²) in [6.07, 6.45) is 15.5. The number of nitrogens with zero attached hydrogens (tertiary/aromatic N) is 1. The Balaban J connectivity index is 4.43. The van der Waals surface area contributed by atoms with Crippen LogP contribution in [-0.2, 0) is 14.4 Å². The number of hydrogen-bond donors (Lipinski definition) is 2. The molecule has 30 heavy (non-hydrogen) atoms. The Labute approximate surface area is 181 Å². The first kappa shape index (κ1) is 28.1. The molecule has 0 aliphatic heterocycles. The van der Waals surface area contributed by atoms with Gasteiger partial charge in [0.15, 0.2) is 0 Å². The van der Waals surface area contributed by atoms with E-state index in [0.717, 1.165) is 19.3 Å². The SMILES string of the molecule is CCCCCCCCC/C=C/CCC[N+](CCC(=O)[O-])(CCC(=O)O)CCC(=O)O. The fraction of sp³-hybridized carbons (Fsp3) is 0.783. The van der Waals surface area contributed by atoms with Crippen molar-refractivity contribution >= 4 is 17.9 Å². The van der Waals surface area contributed by atoms with Gasteiger partial charge >= 0.3 is 11.9 Å². The topological polar surface area (TPSA) is 115 Å². The second-order valence-corrected chi connectivity index (χ2v) is 8.17. The number of rotatable bonds is 21. The third kappa shape index (κ3) is 17.0. The van der Waals surface area contributed by atoms with E-state index in [2.05, 4.69) is 19.1 Å². The lowest BCUT2D eigenvalue weighted by Gasteiger charge is -2.38. The van der Waals surface area contributed by atoms with Gasteiger partial charge in [-0.2, -0.15) is 0 Å². The molecule has 0 aromatic heterocycles. The first-order valence-electron chi connectivity index (χ1n) is 11.4. The van der Waals surface area contributed by atoms with Crippen molar-refractivity contribution in [3.63, 3.8) is 0 Å². The van der Waals surface area contributed by atoms with Crippen molar-refractivity contribution in [1.29, 1.82) is 0 Å². The van der Waals surface area contributed by atoms with Crippen molar-refractivity contribution < 1.29 is 34.2 Å². The van der Waals surface area contributed by atoms with Crippen LogP contribution in [0.25, 0.3) is 0 Å². The summed E-state index contributed by atoms with van der Waals surface area (Å²) < 4.78 is 0.193.